The predicted octanol–water partition coefficient (Wildman–Crippen LogP) is 4.70. The van der Waals surface area contributed by atoms with Gasteiger partial charge in [0.1, 0.15) is 11.5 Å². The van der Waals surface area contributed by atoms with Crippen molar-refractivity contribution in [1.82, 2.24) is 14.5 Å². The first kappa shape index (κ1) is 21.8. The minimum Gasteiger partial charge on any atom is -0.494 e. The summed E-state index contributed by atoms with van der Waals surface area (Å²) in [4.78, 5) is 23.7. The monoisotopic (exact) mass is 450 g/mol. The van der Waals surface area contributed by atoms with Crippen molar-refractivity contribution < 1.29 is 14.3 Å². The molecule has 2 heterocycles. The molecule has 0 bridgehead atoms. The summed E-state index contributed by atoms with van der Waals surface area (Å²) in [5.74, 6) is 1.36. The van der Waals surface area contributed by atoms with Gasteiger partial charge in [-0.15, -0.1) is 0 Å². The normalized spacial score (nSPS) is 10.9. The maximum Gasteiger partial charge on any atom is 0.266 e. The van der Waals surface area contributed by atoms with Gasteiger partial charge in [0.05, 0.1) is 23.2 Å². The largest absolute Gasteiger partial charge is 0.494 e. The van der Waals surface area contributed by atoms with Crippen LogP contribution < -0.4 is 14.4 Å². The van der Waals surface area contributed by atoms with E-state index in [0.29, 0.717) is 24.0 Å². The number of nitrogens with zero attached hydrogens (tertiary/aromatic N) is 4. The topological polar surface area (TPSA) is 69.5 Å². The molecule has 0 spiro atoms. The van der Waals surface area contributed by atoms with E-state index in [4.69, 9.17) is 14.5 Å². The van der Waals surface area contributed by atoms with Gasteiger partial charge in [0.25, 0.3) is 5.91 Å². The number of carbonyl (C=O) groups is 1. The van der Waals surface area contributed by atoms with Gasteiger partial charge < -0.3 is 14.0 Å². The van der Waals surface area contributed by atoms with Crippen molar-refractivity contribution in [2.24, 2.45) is 0 Å². The number of amides is 1. The molecule has 0 aliphatic heterocycles. The molecule has 0 atom stereocenters. The maximum absolute atomic E-state index is 13.2. The van der Waals surface area contributed by atoms with Crippen LogP contribution in [-0.4, -0.2) is 40.2 Å². The number of rotatable bonds is 10. The zero-order chi connectivity index (χ0) is 22.3. The van der Waals surface area contributed by atoms with Gasteiger partial charge in [-0.2, -0.15) is 0 Å². The maximum atomic E-state index is 13.2. The molecule has 0 unspecified atom stereocenters. The van der Waals surface area contributed by atoms with Gasteiger partial charge in [-0.25, -0.2) is 9.97 Å². The summed E-state index contributed by atoms with van der Waals surface area (Å²) in [6.45, 7) is 5.81. The van der Waals surface area contributed by atoms with Crippen LogP contribution in [0.5, 0.6) is 11.5 Å². The fraction of sp³-hybridized carbons (Fsp3) is 0.292. The van der Waals surface area contributed by atoms with E-state index >= 15 is 0 Å². The van der Waals surface area contributed by atoms with Crippen LogP contribution in [0.3, 0.4) is 0 Å². The number of ether oxygens (including phenoxy) is 2. The van der Waals surface area contributed by atoms with E-state index in [1.165, 1.54) is 11.3 Å². The molecule has 2 aromatic carbocycles. The fourth-order valence-corrected chi connectivity index (χ4v) is 4.39. The van der Waals surface area contributed by atoms with Gasteiger partial charge in [0.15, 0.2) is 11.7 Å². The van der Waals surface area contributed by atoms with Crippen LogP contribution in [0.2, 0.25) is 0 Å². The Kier molecular flexibility index (Phi) is 7.01. The van der Waals surface area contributed by atoms with Crippen molar-refractivity contribution in [3.8, 4) is 11.5 Å². The van der Waals surface area contributed by atoms with Gasteiger partial charge in [-0.1, -0.05) is 23.5 Å². The molecule has 2 aromatic heterocycles. The second-order valence-electron chi connectivity index (χ2n) is 7.36. The number of aryl methyl sites for hydroxylation is 2. The van der Waals surface area contributed by atoms with Crippen molar-refractivity contribution in [2.45, 2.75) is 26.8 Å². The van der Waals surface area contributed by atoms with E-state index in [0.717, 1.165) is 34.5 Å². The summed E-state index contributed by atoms with van der Waals surface area (Å²) in [5.41, 5.74) is 1.93. The number of anilines is 1. The quantitative estimate of drug-likeness (QED) is 0.350. The molecule has 166 valence electrons. The molecule has 0 aliphatic rings. The Morgan fingerprint density at radius 3 is 2.81 bits per heavy atom. The van der Waals surface area contributed by atoms with E-state index < -0.39 is 0 Å². The number of aromatic nitrogens is 3. The zero-order valence-corrected chi connectivity index (χ0v) is 19.0. The molecule has 0 N–H and O–H groups in total. The minimum atomic E-state index is -0.124. The molecule has 0 fully saturated rings. The third kappa shape index (κ3) is 5.45. The number of thiazole rings is 1. The molecule has 0 aliphatic carbocycles. The molecular weight excluding hydrogens is 424 g/mol. The lowest BCUT2D eigenvalue weighted by atomic mass is 10.2. The van der Waals surface area contributed by atoms with Crippen LogP contribution >= 0.6 is 11.3 Å². The third-order valence-corrected chi connectivity index (χ3v) is 5.94. The number of hydrogen-bond acceptors (Lipinski definition) is 6. The lowest BCUT2D eigenvalue weighted by molar-refractivity contribution is -0.120. The fourth-order valence-electron chi connectivity index (χ4n) is 3.35. The standard InChI is InChI=1S/C24H26N4O3S/c1-3-30-20-8-9-21-22(15-20)32-24(26-21)28(12-5-11-27-13-10-25-17-27)23(29)16-31-19-7-4-6-18(2)14-19/h4,6-10,13-15,17H,3,5,11-12,16H2,1-2H3. The number of fused-ring (bicyclic) bond motifs is 1. The molecule has 1 amide bonds. The van der Waals surface area contributed by atoms with Crippen LogP contribution in [0.25, 0.3) is 10.2 Å². The predicted molar refractivity (Wildman–Crippen MR) is 127 cm³/mol. The molecule has 8 heteroatoms. The Hall–Kier alpha value is -3.39. The van der Waals surface area contributed by atoms with E-state index in [1.54, 1.807) is 17.4 Å². The SMILES string of the molecule is CCOc1ccc2nc(N(CCCn3ccnc3)C(=O)COc3cccc(C)c3)sc2c1. The van der Waals surface area contributed by atoms with Gasteiger partial charge in [-0.3, -0.25) is 9.69 Å². The van der Waals surface area contributed by atoms with E-state index in [9.17, 15) is 4.79 Å². The van der Waals surface area contributed by atoms with Gasteiger partial charge in [0.2, 0.25) is 0 Å². The Bertz CT molecular complexity index is 1170. The molecule has 0 saturated carbocycles. The zero-order valence-electron chi connectivity index (χ0n) is 18.2. The summed E-state index contributed by atoms with van der Waals surface area (Å²) in [6, 6.07) is 13.5. The second kappa shape index (κ2) is 10.3. The Labute approximate surface area is 191 Å². The smallest absolute Gasteiger partial charge is 0.266 e. The summed E-state index contributed by atoms with van der Waals surface area (Å²) >= 11 is 1.49. The van der Waals surface area contributed by atoms with Crippen molar-refractivity contribution in [1.29, 1.82) is 0 Å². The van der Waals surface area contributed by atoms with Crippen LogP contribution in [-0.2, 0) is 11.3 Å². The van der Waals surface area contributed by atoms with Crippen LogP contribution in [0.4, 0.5) is 5.13 Å². The van der Waals surface area contributed by atoms with Crippen LogP contribution in [0.15, 0.2) is 61.2 Å². The van der Waals surface area contributed by atoms with Crippen molar-refractivity contribution in [3.05, 3.63) is 66.7 Å². The van der Waals surface area contributed by atoms with E-state index in [1.807, 2.05) is 67.1 Å². The number of benzene rings is 2. The highest BCUT2D eigenvalue weighted by Gasteiger charge is 2.20. The van der Waals surface area contributed by atoms with Crippen molar-refractivity contribution in [2.75, 3.05) is 24.7 Å². The first-order valence-electron chi connectivity index (χ1n) is 10.6. The average molecular weight is 451 g/mol. The summed E-state index contributed by atoms with van der Waals surface area (Å²) < 4.78 is 14.4. The lowest BCUT2D eigenvalue weighted by Gasteiger charge is -2.20. The molecular formula is C24H26N4O3S. The van der Waals surface area contributed by atoms with Crippen LogP contribution in [0, 0.1) is 6.92 Å². The molecule has 0 saturated heterocycles. The summed E-state index contributed by atoms with van der Waals surface area (Å²) in [6.07, 6.45) is 6.22. The second-order valence-corrected chi connectivity index (χ2v) is 8.37. The molecule has 4 rings (SSSR count). The first-order valence-corrected chi connectivity index (χ1v) is 11.4. The Morgan fingerprint density at radius 2 is 2.03 bits per heavy atom. The van der Waals surface area contributed by atoms with Crippen molar-refractivity contribution >= 4 is 32.6 Å². The molecule has 7 nitrogen and oxygen atoms in total. The third-order valence-electron chi connectivity index (χ3n) is 4.90. The highest BCUT2D eigenvalue weighted by molar-refractivity contribution is 7.22. The molecule has 32 heavy (non-hydrogen) atoms. The van der Waals surface area contributed by atoms with Gasteiger partial charge >= 0.3 is 0 Å². The number of hydrogen-bond donors (Lipinski definition) is 0. The van der Waals surface area contributed by atoms with Gasteiger partial charge in [-0.05, 0) is 56.2 Å². The summed E-state index contributed by atoms with van der Waals surface area (Å²) in [5, 5.41) is 0.664. The lowest BCUT2D eigenvalue weighted by Crippen LogP contribution is -2.36. The van der Waals surface area contributed by atoms with Crippen LogP contribution in [0.1, 0.15) is 18.9 Å². The van der Waals surface area contributed by atoms with Gasteiger partial charge in [0, 0.05) is 25.5 Å². The Morgan fingerprint density at radius 1 is 1.16 bits per heavy atom. The number of imidazole rings is 1. The molecule has 0 radical (unpaired) electrons. The minimum absolute atomic E-state index is 0.0470. The average Bonchev–Trinajstić information content (AvgIpc) is 3.45. The van der Waals surface area contributed by atoms with Crippen molar-refractivity contribution in [3.63, 3.8) is 0 Å². The molecule has 4 aromatic rings. The Balaban J connectivity index is 1.51. The first-order chi connectivity index (χ1) is 15.6. The summed E-state index contributed by atoms with van der Waals surface area (Å²) in [7, 11) is 0. The highest BCUT2D eigenvalue weighted by atomic mass is 32.1. The van der Waals surface area contributed by atoms with E-state index in [2.05, 4.69) is 4.98 Å². The highest BCUT2D eigenvalue weighted by Crippen LogP contribution is 2.32. The number of carbonyl (C=O) groups excluding carboxylic acids is 1. The van der Waals surface area contributed by atoms with E-state index in [-0.39, 0.29) is 12.5 Å².